The highest BCUT2D eigenvalue weighted by Gasteiger charge is 2.37. The first kappa shape index (κ1) is 13.5. The van der Waals surface area contributed by atoms with Crippen LogP contribution in [0.25, 0.3) is 0 Å². The Bertz CT molecular complexity index is 554. The molecular weight excluding hydrogens is 248 g/mol. The fourth-order valence-electron chi connectivity index (χ4n) is 2.49. The third-order valence-electron chi connectivity index (χ3n) is 3.67. The van der Waals surface area contributed by atoms with E-state index < -0.39 is 10.0 Å². The zero-order chi connectivity index (χ0) is 13.5. The first-order valence-electron chi connectivity index (χ1n) is 6.18. The van der Waals surface area contributed by atoms with Crippen LogP contribution in [0.5, 0.6) is 0 Å². The van der Waals surface area contributed by atoms with Crippen LogP contribution in [0.4, 0.5) is 0 Å². The molecule has 2 atom stereocenters. The molecule has 1 saturated heterocycles. The molecule has 2 rings (SSSR count). The minimum Gasteiger partial charge on any atom is -0.326 e. The number of hydrogen-bond donors (Lipinski definition) is 1. The molecule has 0 aromatic heterocycles. The Hall–Kier alpha value is -0.910. The van der Waals surface area contributed by atoms with Crippen LogP contribution < -0.4 is 5.73 Å². The van der Waals surface area contributed by atoms with Crippen molar-refractivity contribution >= 4 is 10.0 Å². The molecule has 1 aliphatic rings. The molecule has 2 N–H and O–H groups in total. The molecule has 4 nitrogen and oxygen atoms in total. The lowest BCUT2D eigenvalue weighted by molar-refractivity contribution is 0.393. The zero-order valence-electron chi connectivity index (χ0n) is 11.1. The second-order valence-electron chi connectivity index (χ2n) is 5.08. The van der Waals surface area contributed by atoms with Crippen LogP contribution in [0.2, 0.25) is 0 Å². The summed E-state index contributed by atoms with van der Waals surface area (Å²) in [6.45, 7) is 6.18. The predicted octanol–water partition coefficient (Wildman–Crippen LogP) is 1.41. The number of benzene rings is 1. The van der Waals surface area contributed by atoms with E-state index in [0.717, 1.165) is 17.5 Å². The molecule has 0 amide bonds. The number of nitrogens with zero attached hydrogens (tertiary/aromatic N) is 1. The minimum absolute atomic E-state index is 0.0643. The molecular formula is C13H20N2O2S. The van der Waals surface area contributed by atoms with Gasteiger partial charge in [-0.05, 0) is 38.8 Å². The zero-order valence-corrected chi connectivity index (χ0v) is 11.9. The molecule has 5 heteroatoms. The van der Waals surface area contributed by atoms with E-state index in [2.05, 4.69) is 0 Å². The molecule has 2 unspecified atom stereocenters. The first-order chi connectivity index (χ1) is 8.34. The normalized spacial score (nSPS) is 25.6. The van der Waals surface area contributed by atoms with Crippen LogP contribution >= 0.6 is 0 Å². The Kier molecular flexibility index (Phi) is 3.49. The van der Waals surface area contributed by atoms with Crippen LogP contribution in [-0.2, 0) is 10.0 Å². The van der Waals surface area contributed by atoms with E-state index in [0.29, 0.717) is 11.4 Å². The van der Waals surface area contributed by atoms with Crippen molar-refractivity contribution in [3.05, 3.63) is 29.3 Å². The summed E-state index contributed by atoms with van der Waals surface area (Å²) in [5.74, 6) is 0. The van der Waals surface area contributed by atoms with Crippen molar-refractivity contribution in [1.29, 1.82) is 0 Å². The second-order valence-corrected chi connectivity index (χ2v) is 6.94. The van der Waals surface area contributed by atoms with Gasteiger partial charge in [0.05, 0.1) is 4.90 Å². The van der Waals surface area contributed by atoms with E-state index in [-0.39, 0.29) is 12.1 Å². The van der Waals surface area contributed by atoms with Gasteiger partial charge in [-0.2, -0.15) is 4.31 Å². The summed E-state index contributed by atoms with van der Waals surface area (Å²) in [5, 5.41) is 0. The lowest BCUT2D eigenvalue weighted by atomic mass is 10.2. The molecule has 0 spiro atoms. The molecule has 0 radical (unpaired) electrons. The summed E-state index contributed by atoms with van der Waals surface area (Å²) < 4.78 is 26.7. The number of hydrogen-bond acceptors (Lipinski definition) is 3. The summed E-state index contributed by atoms with van der Waals surface area (Å²) >= 11 is 0. The van der Waals surface area contributed by atoms with E-state index in [4.69, 9.17) is 5.73 Å². The quantitative estimate of drug-likeness (QED) is 0.882. The summed E-state index contributed by atoms with van der Waals surface area (Å²) in [6, 6.07) is 5.23. The lowest BCUT2D eigenvalue weighted by Gasteiger charge is -2.23. The Labute approximate surface area is 109 Å². The number of sulfonamides is 1. The first-order valence-corrected chi connectivity index (χ1v) is 7.62. The van der Waals surface area contributed by atoms with Gasteiger partial charge in [0, 0.05) is 18.6 Å². The van der Waals surface area contributed by atoms with Crippen LogP contribution in [-0.4, -0.2) is 31.4 Å². The maximum absolute atomic E-state index is 12.6. The summed E-state index contributed by atoms with van der Waals surface area (Å²) in [5.41, 5.74) is 7.76. The van der Waals surface area contributed by atoms with Gasteiger partial charge in [-0.3, -0.25) is 0 Å². The molecule has 100 valence electrons. The topological polar surface area (TPSA) is 63.4 Å². The van der Waals surface area contributed by atoms with E-state index in [9.17, 15) is 8.42 Å². The highest BCUT2D eigenvalue weighted by molar-refractivity contribution is 7.89. The van der Waals surface area contributed by atoms with Gasteiger partial charge in [-0.15, -0.1) is 0 Å². The smallest absolute Gasteiger partial charge is 0.243 e. The largest absolute Gasteiger partial charge is 0.326 e. The fraction of sp³-hybridized carbons (Fsp3) is 0.538. The summed E-state index contributed by atoms with van der Waals surface area (Å²) in [6.07, 6.45) is 0.727. The van der Waals surface area contributed by atoms with Gasteiger partial charge >= 0.3 is 0 Å². The maximum atomic E-state index is 12.6. The molecule has 18 heavy (non-hydrogen) atoms. The van der Waals surface area contributed by atoms with Crippen LogP contribution in [0.1, 0.15) is 24.5 Å². The third-order valence-corrected chi connectivity index (χ3v) is 5.82. The van der Waals surface area contributed by atoms with Gasteiger partial charge in [0.2, 0.25) is 10.0 Å². The lowest BCUT2D eigenvalue weighted by Crippen LogP contribution is -2.40. The Morgan fingerprint density at radius 2 is 2.00 bits per heavy atom. The monoisotopic (exact) mass is 268 g/mol. The fourth-order valence-corrected chi connectivity index (χ4v) is 4.39. The average Bonchev–Trinajstić information content (AvgIpc) is 2.59. The Balaban J connectivity index is 2.43. The van der Waals surface area contributed by atoms with Crippen molar-refractivity contribution in [3.8, 4) is 0 Å². The van der Waals surface area contributed by atoms with Crippen LogP contribution in [0, 0.1) is 13.8 Å². The molecule has 1 heterocycles. The predicted molar refractivity (Wildman–Crippen MR) is 71.9 cm³/mol. The van der Waals surface area contributed by atoms with E-state index >= 15 is 0 Å². The van der Waals surface area contributed by atoms with Crippen molar-refractivity contribution in [1.82, 2.24) is 4.31 Å². The van der Waals surface area contributed by atoms with E-state index in [1.54, 1.807) is 6.07 Å². The van der Waals surface area contributed by atoms with Crippen molar-refractivity contribution in [2.45, 2.75) is 44.2 Å². The standard InChI is InChI=1S/C13H20N2O2S/c1-9-4-5-13(10(2)8-9)18(16,17)15-7-6-12(14)11(15)3/h4-5,8,11-12H,6-7,14H2,1-3H3. The second kappa shape index (κ2) is 4.64. The Morgan fingerprint density at radius 1 is 1.33 bits per heavy atom. The molecule has 0 saturated carbocycles. The number of rotatable bonds is 2. The van der Waals surface area contributed by atoms with Gasteiger partial charge in [-0.25, -0.2) is 8.42 Å². The summed E-state index contributed by atoms with van der Waals surface area (Å²) in [7, 11) is -3.41. The van der Waals surface area contributed by atoms with E-state index in [1.807, 2.05) is 32.9 Å². The molecule has 0 aliphatic carbocycles. The van der Waals surface area contributed by atoms with Crippen molar-refractivity contribution in [2.75, 3.05) is 6.54 Å². The molecule has 1 aromatic carbocycles. The highest BCUT2D eigenvalue weighted by atomic mass is 32.2. The van der Waals surface area contributed by atoms with Crippen molar-refractivity contribution in [3.63, 3.8) is 0 Å². The van der Waals surface area contributed by atoms with Crippen LogP contribution in [0.3, 0.4) is 0 Å². The number of nitrogens with two attached hydrogens (primary N) is 1. The Morgan fingerprint density at radius 3 is 2.50 bits per heavy atom. The van der Waals surface area contributed by atoms with Gasteiger partial charge in [0.15, 0.2) is 0 Å². The minimum atomic E-state index is -3.41. The molecule has 1 aliphatic heterocycles. The van der Waals surface area contributed by atoms with Crippen molar-refractivity contribution < 1.29 is 8.42 Å². The average molecular weight is 268 g/mol. The number of aryl methyl sites for hydroxylation is 2. The van der Waals surface area contributed by atoms with Gasteiger partial charge in [0.25, 0.3) is 0 Å². The maximum Gasteiger partial charge on any atom is 0.243 e. The van der Waals surface area contributed by atoms with Gasteiger partial charge in [-0.1, -0.05) is 17.7 Å². The van der Waals surface area contributed by atoms with Crippen LogP contribution in [0.15, 0.2) is 23.1 Å². The summed E-state index contributed by atoms with van der Waals surface area (Å²) in [4.78, 5) is 0.397. The molecule has 0 bridgehead atoms. The van der Waals surface area contributed by atoms with Gasteiger partial charge < -0.3 is 5.73 Å². The van der Waals surface area contributed by atoms with E-state index in [1.165, 1.54) is 4.31 Å². The highest BCUT2D eigenvalue weighted by Crippen LogP contribution is 2.27. The van der Waals surface area contributed by atoms with Gasteiger partial charge in [0.1, 0.15) is 0 Å². The van der Waals surface area contributed by atoms with Crippen molar-refractivity contribution in [2.24, 2.45) is 5.73 Å². The molecule has 1 fully saturated rings. The molecule has 1 aromatic rings. The SMILES string of the molecule is Cc1ccc(S(=O)(=O)N2CCC(N)C2C)c(C)c1. The third kappa shape index (κ3) is 2.18.